The minimum Gasteiger partial charge on any atom is -0.358 e. The number of fused-ring (bicyclic) bond motifs is 2. The molecule has 0 amide bonds. The van der Waals surface area contributed by atoms with E-state index < -0.39 is 10.1 Å². The molecule has 1 fully saturated rings. The Hall–Kier alpha value is -2.15. The zero-order valence-electron chi connectivity index (χ0n) is 17.7. The first-order valence-corrected chi connectivity index (χ1v) is 12.0. The number of piperidine rings is 1. The Kier molecular flexibility index (Phi) is 4.58. The molecule has 5 nitrogen and oxygen atoms in total. The Morgan fingerprint density at radius 3 is 2.70 bits per heavy atom. The summed E-state index contributed by atoms with van der Waals surface area (Å²) in [7, 11) is -3.79. The lowest BCUT2D eigenvalue weighted by atomic mass is 9.66. The first-order chi connectivity index (χ1) is 14.3. The average molecular weight is 425 g/mol. The zero-order valence-corrected chi connectivity index (χ0v) is 18.6. The van der Waals surface area contributed by atoms with Crippen LogP contribution in [0.1, 0.15) is 48.1 Å². The Balaban J connectivity index is 1.45. The molecule has 2 heterocycles. The maximum atomic E-state index is 12.8. The van der Waals surface area contributed by atoms with E-state index in [0.717, 1.165) is 31.4 Å². The van der Waals surface area contributed by atoms with E-state index in [1.54, 1.807) is 24.3 Å². The van der Waals surface area contributed by atoms with Gasteiger partial charge in [0.2, 0.25) is 0 Å². The summed E-state index contributed by atoms with van der Waals surface area (Å²) in [6.45, 7) is 7.26. The van der Waals surface area contributed by atoms with E-state index >= 15 is 0 Å². The van der Waals surface area contributed by atoms with Crippen LogP contribution in [0.3, 0.4) is 0 Å². The summed E-state index contributed by atoms with van der Waals surface area (Å²) in [4.78, 5) is 5.99. The van der Waals surface area contributed by atoms with Crippen molar-refractivity contribution < 1.29 is 12.6 Å². The van der Waals surface area contributed by atoms with Crippen molar-refractivity contribution in [2.45, 2.75) is 56.4 Å². The smallest absolute Gasteiger partial charge is 0.298 e. The number of benzene rings is 2. The van der Waals surface area contributed by atoms with Crippen molar-refractivity contribution in [1.82, 2.24) is 9.88 Å². The fraction of sp³-hybridized carbons (Fsp3) is 0.417. The Morgan fingerprint density at radius 1 is 1.17 bits per heavy atom. The average Bonchev–Trinajstić information content (AvgIpc) is 3.03. The van der Waals surface area contributed by atoms with Crippen molar-refractivity contribution in [3.05, 3.63) is 64.8 Å². The maximum absolute atomic E-state index is 12.8. The summed E-state index contributed by atoms with van der Waals surface area (Å²) in [6, 6.07) is 13.3. The molecule has 1 aliphatic heterocycles. The van der Waals surface area contributed by atoms with Gasteiger partial charge in [0.1, 0.15) is 6.73 Å². The highest BCUT2D eigenvalue weighted by Gasteiger charge is 2.47. The van der Waals surface area contributed by atoms with E-state index in [9.17, 15) is 8.42 Å². The largest absolute Gasteiger partial charge is 0.358 e. The summed E-state index contributed by atoms with van der Waals surface area (Å²) in [5, 5.41) is 1.37. The molecule has 1 N–H and O–H groups in total. The van der Waals surface area contributed by atoms with Gasteiger partial charge in [0.25, 0.3) is 10.1 Å². The van der Waals surface area contributed by atoms with E-state index in [4.69, 9.17) is 4.18 Å². The van der Waals surface area contributed by atoms with Crippen LogP contribution in [0.2, 0.25) is 0 Å². The number of nitrogens with zero attached hydrogens (tertiary/aromatic N) is 1. The number of aromatic amines is 1. The predicted octanol–water partition coefficient (Wildman–Crippen LogP) is 4.64. The second-order valence-corrected chi connectivity index (χ2v) is 10.6. The Bertz CT molecular complexity index is 1210. The highest BCUT2D eigenvalue weighted by molar-refractivity contribution is 7.86. The molecule has 30 heavy (non-hydrogen) atoms. The van der Waals surface area contributed by atoms with Crippen molar-refractivity contribution in [3.63, 3.8) is 0 Å². The van der Waals surface area contributed by atoms with Gasteiger partial charge in [-0.2, -0.15) is 8.42 Å². The van der Waals surface area contributed by atoms with Crippen molar-refractivity contribution in [3.8, 4) is 0 Å². The zero-order chi connectivity index (χ0) is 21.1. The topological polar surface area (TPSA) is 62.4 Å². The van der Waals surface area contributed by atoms with Gasteiger partial charge in [-0.05, 0) is 69.4 Å². The van der Waals surface area contributed by atoms with Crippen LogP contribution in [-0.2, 0) is 20.7 Å². The first-order valence-electron chi connectivity index (χ1n) is 10.6. The summed E-state index contributed by atoms with van der Waals surface area (Å²) in [5.41, 5.74) is 6.00. The van der Waals surface area contributed by atoms with Crippen molar-refractivity contribution >= 4 is 21.0 Å². The number of likely N-dealkylation sites (tertiary alicyclic amines) is 1. The van der Waals surface area contributed by atoms with Crippen LogP contribution in [-0.4, -0.2) is 37.1 Å². The van der Waals surface area contributed by atoms with Crippen LogP contribution in [0, 0.1) is 13.8 Å². The molecular weight excluding hydrogens is 396 g/mol. The third kappa shape index (κ3) is 3.01. The monoisotopic (exact) mass is 424 g/mol. The summed E-state index contributed by atoms with van der Waals surface area (Å²) in [6.07, 6.45) is 3.04. The van der Waals surface area contributed by atoms with Crippen LogP contribution in [0.25, 0.3) is 10.9 Å². The molecule has 2 aromatic carbocycles. The van der Waals surface area contributed by atoms with Crippen LogP contribution >= 0.6 is 0 Å². The van der Waals surface area contributed by atoms with Gasteiger partial charge in [0.05, 0.1) is 4.90 Å². The molecule has 1 aromatic heterocycles. The molecule has 0 radical (unpaired) electrons. The van der Waals surface area contributed by atoms with Gasteiger partial charge in [-0.1, -0.05) is 29.8 Å². The fourth-order valence-corrected chi connectivity index (χ4v) is 6.33. The number of H-pyrrole nitrogens is 1. The highest BCUT2D eigenvalue weighted by atomic mass is 32.2. The molecule has 1 saturated heterocycles. The van der Waals surface area contributed by atoms with Crippen molar-refractivity contribution in [2.24, 2.45) is 0 Å². The molecule has 5 rings (SSSR count). The molecule has 2 atom stereocenters. The summed E-state index contributed by atoms with van der Waals surface area (Å²) in [5.74, 6) is 0.364. The fourth-order valence-electron chi connectivity index (χ4n) is 5.46. The number of nitrogens with one attached hydrogen (secondary N) is 1. The Morgan fingerprint density at radius 2 is 1.93 bits per heavy atom. The molecule has 1 aliphatic carbocycles. The van der Waals surface area contributed by atoms with Gasteiger partial charge >= 0.3 is 0 Å². The third-order valence-corrected chi connectivity index (χ3v) is 8.42. The molecule has 0 saturated carbocycles. The molecule has 3 aromatic rings. The lowest BCUT2D eigenvalue weighted by Crippen LogP contribution is -2.57. The van der Waals surface area contributed by atoms with E-state index in [2.05, 4.69) is 41.9 Å². The molecule has 0 unspecified atom stereocenters. The molecule has 0 bridgehead atoms. The van der Waals surface area contributed by atoms with E-state index in [0.29, 0.717) is 5.92 Å². The van der Waals surface area contributed by atoms with Gasteiger partial charge < -0.3 is 4.98 Å². The highest BCUT2D eigenvalue weighted by Crippen LogP contribution is 2.50. The number of aromatic nitrogens is 1. The number of aryl methyl sites for hydroxylation is 2. The van der Waals surface area contributed by atoms with Gasteiger partial charge in [-0.25, -0.2) is 0 Å². The number of hydrogen-bond donors (Lipinski definition) is 1. The lowest BCUT2D eigenvalue weighted by Gasteiger charge is -2.52. The minimum atomic E-state index is -3.79. The normalized spacial score (nSPS) is 24.2. The quantitative estimate of drug-likeness (QED) is 0.620. The Labute approximate surface area is 178 Å². The van der Waals surface area contributed by atoms with Gasteiger partial charge in [-0.15, -0.1) is 0 Å². The third-order valence-electron chi connectivity index (χ3n) is 7.15. The van der Waals surface area contributed by atoms with E-state index in [1.165, 1.54) is 27.7 Å². The molecule has 0 spiro atoms. The summed E-state index contributed by atoms with van der Waals surface area (Å²) >= 11 is 0. The number of rotatable bonds is 4. The van der Waals surface area contributed by atoms with Crippen LogP contribution in [0.15, 0.2) is 47.4 Å². The van der Waals surface area contributed by atoms with E-state index in [1.807, 2.05) is 6.92 Å². The predicted molar refractivity (Wildman–Crippen MR) is 118 cm³/mol. The second kappa shape index (κ2) is 6.94. The van der Waals surface area contributed by atoms with E-state index in [-0.39, 0.29) is 17.2 Å². The standard InChI is InChI=1S/C24H28N2O3S/c1-16-9-11-18(12-10-16)30(27,28)29-15-26-13-5-7-21-19-6-4-8-22-23(19)20(17(2)25-22)14-24(21,26)3/h4,6,8-12,21,25H,5,7,13-15H2,1-3H3/t21-,24-/m1/s1. The molecule has 2 aliphatic rings. The minimum absolute atomic E-state index is 0.0813. The van der Waals surface area contributed by atoms with Crippen molar-refractivity contribution in [2.75, 3.05) is 13.3 Å². The first kappa shape index (κ1) is 19.8. The van der Waals surface area contributed by atoms with Crippen LogP contribution < -0.4 is 0 Å². The number of hydrogen-bond acceptors (Lipinski definition) is 4. The molecule has 6 heteroatoms. The second-order valence-electron chi connectivity index (χ2n) is 9.00. The van der Waals surface area contributed by atoms with Gasteiger partial charge in [0.15, 0.2) is 0 Å². The molecule has 158 valence electrons. The lowest BCUT2D eigenvalue weighted by molar-refractivity contribution is -0.0147. The SMILES string of the molecule is Cc1ccc(S(=O)(=O)OCN2CCC[C@@H]3c4cccc5[nH]c(C)c(c45)C[C@]32C)cc1. The molecular formula is C24H28N2O3S. The van der Waals surface area contributed by atoms with Gasteiger partial charge in [-0.3, -0.25) is 9.08 Å². The van der Waals surface area contributed by atoms with Gasteiger partial charge in [0, 0.05) is 34.6 Å². The maximum Gasteiger partial charge on any atom is 0.298 e. The van der Waals surface area contributed by atoms with Crippen LogP contribution in [0.5, 0.6) is 0 Å². The van der Waals surface area contributed by atoms with Crippen LogP contribution in [0.4, 0.5) is 0 Å². The summed E-state index contributed by atoms with van der Waals surface area (Å²) < 4.78 is 31.1. The van der Waals surface area contributed by atoms with Crippen molar-refractivity contribution in [1.29, 1.82) is 0 Å².